The first-order valence-electron chi connectivity index (χ1n) is 10.4. The van der Waals surface area contributed by atoms with Crippen LogP contribution in [0.5, 0.6) is 17.2 Å². The normalized spacial score (nSPS) is 11.3. The summed E-state index contributed by atoms with van der Waals surface area (Å²) >= 11 is 0. The number of ether oxygens (including phenoxy) is 4. The van der Waals surface area contributed by atoms with Crippen LogP contribution in [0.2, 0.25) is 0 Å². The van der Waals surface area contributed by atoms with Gasteiger partial charge in [0.1, 0.15) is 18.5 Å². The average molecular weight is 483 g/mol. The van der Waals surface area contributed by atoms with E-state index in [1.165, 1.54) is 45.7 Å². The molecular weight excluding hydrogens is 458 g/mol. The summed E-state index contributed by atoms with van der Waals surface area (Å²) in [6.45, 7) is -0.560. The summed E-state index contributed by atoms with van der Waals surface area (Å²) in [7, 11) is 4.27. The Morgan fingerprint density at radius 3 is 2.23 bits per heavy atom. The minimum absolute atomic E-state index is 0.0726. The van der Waals surface area contributed by atoms with E-state index in [0.29, 0.717) is 11.3 Å². The van der Waals surface area contributed by atoms with Gasteiger partial charge in [-0.3, -0.25) is 9.36 Å². The van der Waals surface area contributed by atoms with E-state index in [1.54, 1.807) is 30.3 Å². The second kappa shape index (κ2) is 11.7. The van der Waals surface area contributed by atoms with Crippen molar-refractivity contribution in [1.29, 1.82) is 0 Å². The van der Waals surface area contributed by atoms with Crippen molar-refractivity contribution in [3.05, 3.63) is 76.3 Å². The van der Waals surface area contributed by atoms with Crippen molar-refractivity contribution in [3.8, 4) is 17.2 Å². The van der Waals surface area contributed by atoms with Gasteiger partial charge >= 0.3 is 11.7 Å². The van der Waals surface area contributed by atoms with Gasteiger partial charge < -0.3 is 29.4 Å². The molecule has 1 aromatic heterocycles. The molecule has 11 heteroatoms. The van der Waals surface area contributed by atoms with Crippen LogP contribution in [0, 0.1) is 0 Å². The first-order valence-corrected chi connectivity index (χ1v) is 10.4. The number of benzene rings is 2. The number of nitrogens with zero attached hydrogens (tertiary/aromatic N) is 2. The predicted octanol–water partition coefficient (Wildman–Crippen LogP) is 1.74. The Morgan fingerprint density at radius 2 is 1.66 bits per heavy atom. The largest absolute Gasteiger partial charge is 0.493 e. The van der Waals surface area contributed by atoms with E-state index in [4.69, 9.17) is 18.9 Å². The van der Waals surface area contributed by atoms with Gasteiger partial charge in [-0.15, -0.1) is 0 Å². The summed E-state index contributed by atoms with van der Waals surface area (Å²) in [5.74, 6) is -0.195. The van der Waals surface area contributed by atoms with Gasteiger partial charge in [0.25, 0.3) is 5.91 Å². The molecule has 0 bridgehead atoms. The SMILES string of the molecule is COc1cc(C(=O)OC[C@H](O)Cn2ccc(NC(=O)c3ccccc3)nc2=O)cc(OC)c1OC. The topological polar surface area (TPSA) is 138 Å². The maximum absolute atomic E-state index is 12.5. The van der Waals surface area contributed by atoms with Crippen molar-refractivity contribution in [3.63, 3.8) is 0 Å². The highest BCUT2D eigenvalue weighted by Gasteiger charge is 2.19. The van der Waals surface area contributed by atoms with E-state index in [2.05, 4.69) is 10.3 Å². The number of esters is 1. The van der Waals surface area contributed by atoms with Crippen molar-refractivity contribution < 1.29 is 33.6 Å². The predicted molar refractivity (Wildman–Crippen MR) is 125 cm³/mol. The van der Waals surface area contributed by atoms with Crippen LogP contribution in [0.15, 0.2) is 59.5 Å². The smallest absolute Gasteiger partial charge is 0.349 e. The number of methoxy groups -OCH3 is 3. The highest BCUT2D eigenvalue weighted by molar-refractivity contribution is 6.03. The molecule has 0 aliphatic heterocycles. The molecule has 0 aliphatic rings. The van der Waals surface area contributed by atoms with Gasteiger partial charge in [-0.05, 0) is 30.3 Å². The Kier molecular flexibility index (Phi) is 8.41. The summed E-state index contributed by atoms with van der Waals surface area (Å²) in [4.78, 5) is 40.8. The maximum atomic E-state index is 12.5. The zero-order valence-corrected chi connectivity index (χ0v) is 19.4. The Bertz CT molecular complexity index is 1220. The highest BCUT2D eigenvalue weighted by atomic mass is 16.5. The summed E-state index contributed by atoms with van der Waals surface area (Å²) in [6.07, 6.45) is 0.186. The minimum Gasteiger partial charge on any atom is -0.493 e. The van der Waals surface area contributed by atoms with Crippen LogP contribution in [0.3, 0.4) is 0 Å². The van der Waals surface area contributed by atoms with Crippen LogP contribution in [0.1, 0.15) is 20.7 Å². The van der Waals surface area contributed by atoms with Crippen LogP contribution in [0.25, 0.3) is 0 Å². The maximum Gasteiger partial charge on any atom is 0.349 e. The molecule has 0 spiro atoms. The molecule has 11 nitrogen and oxygen atoms in total. The van der Waals surface area contributed by atoms with E-state index >= 15 is 0 Å². The number of hydrogen-bond donors (Lipinski definition) is 2. The van der Waals surface area contributed by atoms with E-state index in [-0.39, 0.29) is 36.0 Å². The molecule has 3 rings (SSSR count). The molecule has 0 saturated carbocycles. The number of aliphatic hydroxyl groups excluding tert-OH is 1. The van der Waals surface area contributed by atoms with Crippen LogP contribution in [-0.4, -0.2) is 60.6 Å². The van der Waals surface area contributed by atoms with Crippen LogP contribution in [-0.2, 0) is 11.3 Å². The first kappa shape index (κ1) is 25.2. The van der Waals surface area contributed by atoms with Crippen molar-refractivity contribution in [2.45, 2.75) is 12.6 Å². The van der Waals surface area contributed by atoms with Gasteiger partial charge in [-0.25, -0.2) is 9.59 Å². The highest BCUT2D eigenvalue weighted by Crippen LogP contribution is 2.38. The quantitative estimate of drug-likeness (QED) is 0.413. The van der Waals surface area contributed by atoms with Gasteiger partial charge in [0.05, 0.1) is 33.4 Å². The van der Waals surface area contributed by atoms with Gasteiger partial charge in [-0.2, -0.15) is 4.98 Å². The summed E-state index contributed by atoms with van der Waals surface area (Å²) < 4.78 is 21.9. The van der Waals surface area contributed by atoms with Gasteiger partial charge in [-0.1, -0.05) is 18.2 Å². The average Bonchev–Trinajstić information content (AvgIpc) is 2.88. The molecule has 0 radical (unpaired) electrons. The lowest BCUT2D eigenvalue weighted by Gasteiger charge is -2.15. The number of carbonyl (C=O) groups is 2. The van der Waals surface area contributed by atoms with Crippen LogP contribution < -0.4 is 25.2 Å². The molecule has 1 atom stereocenters. The van der Waals surface area contributed by atoms with E-state index in [1.807, 2.05) is 0 Å². The molecule has 1 amide bonds. The van der Waals surface area contributed by atoms with Crippen molar-refractivity contribution >= 4 is 17.7 Å². The van der Waals surface area contributed by atoms with E-state index < -0.39 is 23.7 Å². The molecule has 2 aromatic carbocycles. The number of hydrogen-bond acceptors (Lipinski definition) is 9. The van der Waals surface area contributed by atoms with Crippen molar-refractivity contribution in [1.82, 2.24) is 9.55 Å². The molecule has 3 aromatic rings. The number of nitrogens with one attached hydrogen (secondary N) is 1. The van der Waals surface area contributed by atoms with Gasteiger partial charge in [0, 0.05) is 11.8 Å². The van der Waals surface area contributed by atoms with Crippen LogP contribution >= 0.6 is 0 Å². The Hall–Kier alpha value is -4.38. The second-order valence-electron chi connectivity index (χ2n) is 7.23. The summed E-state index contributed by atoms with van der Waals surface area (Å²) in [6, 6.07) is 12.8. The standard InChI is InChI=1S/C24H25N3O8/c1-32-18-11-16(12-19(33-2)21(18)34-3)23(30)35-14-17(28)13-27-10-9-20(26-24(27)31)25-22(29)15-7-5-4-6-8-15/h4-12,17,28H,13-14H2,1-3H3,(H,25,26,29,31)/t17-/m1/s1. The van der Waals surface area contributed by atoms with E-state index in [0.717, 1.165) is 4.57 Å². The molecule has 0 unspecified atom stereocenters. The number of anilines is 1. The molecule has 35 heavy (non-hydrogen) atoms. The molecule has 0 aliphatic carbocycles. The first-order chi connectivity index (χ1) is 16.9. The molecule has 184 valence electrons. The number of carbonyl (C=O) groups excluding carboxylic acids is 2. The molecule has 0 fully saturated rings. The fourth-order valence-corrected chi connectivity index (χ4v) is 3.15. The fraction of sp³-hybridized carbons (Fsp3) is 0.250. The lowest BCUT2D eigenvalue weighted by Crippen LogP contribution is -2.31. The lowest BCUT2D eigenvalue weighted by molar-refractivity contribution is 0.0213. The Balaban J connectivity index is 1.60. The summed E-state index contributed by atoms with van der Waals surface area (Å²) in [5, 5.41) is 12.8. The van der Waals surface area contributed by atoms with Crippen molar-refractivity contribution in [2.75, 3.05) is 33.3 Å². The van der Waals surface area contributed by atoms with Gasteiger partial charge in [0.15, 0.2) is 11.5 Å². The fourth-order valence-electron chi connectivity index (χ4n) is 3.15. The summed E-state index contributed by atoms with van der Waals surface area (Å²) in [5.41, 5.74) is -0.141. The van der Waals surface area contributed by atoms with Crippen LogP contribution in [0.4, 0.5) is 5.82 Å². The number of aromatic nitrogens is 2. The monoisotopic (exact) mass is 483 g/mol. The second-order valence-corrected chi connectivity index (χ2v) is 7.23. The van der Waals surface area contributed by atoms with E-state index in [9.17, 15) is 19.5 Å². The lowest BCUT2D eigenvalue weighted by atomic mass is 10.2. The molecule has 2 N–H and O–H groups in total. The third-order valence-electron chi connectivity index (χ3n) is 4.87. The number of amides is 1. The molecular formula is C24H25N3O8. The number of aliphatic hydroxyl groups is 1. The molecule has 1 heterocycles. The Labute approximate surface area is 200 Å². The zero-order chi connectivity index (χ0) is 25.4. The molecule has 0 saturated heterocycles. The van der Waals surface area contributed by atoms with Crippen molar-refractivity contribution in [2.24, 2.45) is 0 Å². The third kappa shape index (κ3) is 6.36. The minimum atomic E-state index is -1.19. The zero-order valence-electron chi connectivity index (χ0n) is 19.4. The third-order valence-corrected chi connectivity index (χ3v) is 4.87. The number of rotatable bonds is 10. The van der Waals surface area contributed by atoms with Gasteiger partial charge in [0.2, 0.25) is 5.75 Å². The Morgan fingerprint density at radius 1 is 1.00 bits per heavy atom.